The summed E-state index contributed by atoms with van der Waals surface area (Å²) in [5, 5.41) is 0.729. The van der Waals surface area contributed by atoms with Gasteiger partial charge in [0.2, 0.25) is 11.8 Å². The van der Waals surface area contributed by atoms with E-state index in [9.17, 15) is 9.59 Å². The van der Waals surface area contributed by atoms with Crippen molar-refractivity contribution in [3.8, 4) is 0 Å². The molecule has 29 heavy (non-hydrogen) atoms. The van der Waals surface area contributed by atoms with Gasteiger partial charge in [-0.1, -0.05) is 52.2 Å². The first-order chi connectivity index (χ1) is 14.0. The molecule has 2 aliphatic rings. The van der Waals surface area contributed by atoms with Gasteiger partial charge in [-0.15, -0.1) is 0 Å². The summed E-state index contributed by atoms with van der Waals surface area (Å²) in [4.78, 5) is 29.6. The van der Waals surface area contributed by atoms with Crippen molar-refractivity contribution in [1.29, 1.82) is 0 Å². The largest absolute Gasteiger partial charge is 0.342 e. The van der Waals surface area contributed by atoms with Crippen LogP contribution in [-0.2, 0) is 9.59 Å². The van der Waals surface area contributed by atoms with Crippen LogP contribution in [0.4, 0.5) is 5.69 Å². The zero-order chi connectivity index (χ0) is 20.4. The average Bonchev–Trinajstić information content (AvgIpc) is 2.94. The van der Waals surface area contributed by atoms with Crippen molar-refractivity contribution in [1.82, 2.24) is 4.90 Å². The summed E-state index contributed by atoms with van der Waals surface area (Å²) in [6.07, 6.45) is 3.46. The molecule has 0 spiro atoms. The van der Waals surface area contributed by atoms with Crippen LogP contribution >= 0.6 is 27.5 Å². The van der Waals surface area contributed by atoms with E-state index >= 15 is 0 Å². The minimum atomic E-state index is -0.273. The zero-order valence-corrected chi connectivity index (χ0v) is 18.5. The van der Waals surface area contributed by atoms with Crippen LogP contribution in [-0.4, -0.2) is 36.3 Å². The fourth-order valence-electron chi connectivity index (χ4n) is 4.37. The standard InChI is InChI=1S/C23H24BrClN2O2/c24-19-5-3-6-21(13-19)27-15-18(12-22(27)28)23(29)26-11-2-1-4-17(14-26)16-7-9-20(25)10-8-16/h3,5-10,13,17-18H,1-2,4,11-12,14-15H2. The summed E-state index contributed by atoms with van der Waals surface area (Å²) in [5.41, 5.74) is 2.07. The Balaban J connectivity index is 1.47. The van der Waals surface area contributed by atoms with E-state index in [0.29, 0.717) is 19.0 Å². The van der Waals surface area contributed by atoms with E-state index in [1.807, 2.05) is 41.3 Å². The smallest absolute Gasteiger partial charge is 0.228 e. The summed E-state index contributed by atoms with van der Waals surface area (Å²) in [5.74, 6) is 0.171. The number of nitrogens with zero attached hydrogens (tertiary/aromatic N) is 2. The molecule has 2 aliphatic heterocycles. The Kier molecular flexibility index (Phi) is 6.26. The number of benzene rings is 2. The topological polar surface area (TPSA) is 40.6 Å². The van der Waals surface area contributed by atoms with Crippen LogP contribution in [0.2, 0.25) is 5.02 Å². The minimum Gasteiger partial charge on any atom is -0.342 e. The fraction of sp³-hybridized carbons (Fsp3) is 0.391. The number of hydrogen-bond acceptors (Lipinski definition) is 2. The number of hydrogen-bond donors (Lipinski definition) is 0. The van der Waals surface area contributed by atoms with E-state index in [0.717, 1.165) is 41.0 Å². The maximum Gasteiger partial charge on any atom is 0.228 e. The number of anilines is 1. The van der Waals surface area contributed by atoms with Crippen LogP contribution in [0, 0.1) is 5.92 Å². The molecule has 0 aliphatic carbocycles. The van der Waals surface area contributed by atoms with E-state index in [4.69, 9.17) is 11.6 Å². The SMILES string of the molecule is O=C(C1CC(=O)N(c2cccc(Br)c2)C1)N1CCCCC(c2ccc(Cl)cc2)C1. The van der Waals surface area contributed by atoms with Gasteiger partial charge >= 0.3 is 0 Å². The molecule has 4 nitrogen and oxygen atoms in total. The summed E-state index contributed by atoms with van der Waals surface area (Å²) in [7, 11) is 0. The number of rotatable bonds is 3. The molecule has 2 unspecified atom stereocenters. The van der Waals surface area contributed by atoms with Crippen molar-refractivity contribution < 1.29 is 9.59 Å². The van der Waals surface area contributed by atoms with Crippen LogP contribution in [0.15, 0.2) is 53.0 Å². The molecule has 2 aromatic rings. The van der Waals surface area contributed by atoms with Crippen LogP contribution in [0.1, 0.15) is 37.2 Å². The molecule has 2 amide bonds. The first kappa shape index (κ1) is 20.4. The number of carbonyl (C=O) groups is 2. The fourth-order valence-corrected chi connectivity index (χ4v) is 4.89. The molecular formula is C23H24BrClN2O2. The Morgan fingerprint density at radius 2 is 1.86 bits per heavy atom. The average molecular weight is 476 g/mol. The van der Waals surface area contributed by atoms with E-state index in [-0.39, 0.29) is 24.2 Å². The van der Waals surface area contributed by atoms with Gasteiger partial charge in [0, 0.05) is 47.2 Å². The first-order valence-corrected chi connectivity index (χ1v) is 11.3. The molecular weight excluding hydrogens is 452 g/mol. The number of carbonyl (C=O) groups excluding carboxylic acids is 2. The van der Waals surface area contributed by atoms with Gasteiger partial charge in [-0.25, -0.2) is 0 Å². The molecule has 152 valence electrons. The summed E-state index contributed by atoms with van der Waals surface area (Å²) < 4.78 is 0.927. The highest BCUT2D eigenvalue weighted by atomic mass is 79.9. The molecule has 2 saturated heterocycles. The Labute approximate surface area is 185 Å². The van der Waals surface area contributed by atoms with Crippen LogP contribution in [0.5, 0.6) is 0 Å². The third kappa shape index (κ3) is 4.67. The van der Waals surface area contributed by atoms with Gasteiger partial charge in [-0.3, -0.25) is 9.59 Å². The third-order valence-electron chi connectivity index (χ3n) is 5.92. The maximum absolute atomic E-state index is 13.3. The highest BCUT2D eigenvalue weighted by Crippen LogP contribution is 2.31. The van der Waals surface area contributed by atoms with Gasteiger partial charge in [-0.2, -0.15) is 0 Å². The highest BCUT2D eigenvalue weighted by Gasteiger charge is 2.38. The van der Waals surface area contributed by atoms with Crippen molar-refractivity contribution in [2.75, 3.05) is 24.5 Å². The van der Waals surface area contributed by atoms with Gasteiger partial charge in [0.15, 0.2) is 0 Å². The van der Waals surface area contributed by atoms with Crippen LogP contribution < -0.4 is 4.90 Å². The summed E-state index contributed by atoms with van der Waals surface area (Å²) in [6, 6.07) is 15.6. The second kappa shape index (κ2) is 8.88. The van der Waals surface area contributed by atoms with E-state index < -0.39 is 0 Å². The number of likely N-dealkylation sites (tertiary alicyclic amines) is 1. The van der Waals surface area contributed by atoms with Gasteiger partial charge in [0.1, 0.15) is 0 Å². The van der Waals surface area contributed by atoms with Crippen molar-refractivity contribution in [2.24, 2.45) is 5.92 Å². The molecule has 6 heteroatoms. The monoisotopic (exact) mass is 474 g/mol. The summed E-state index contributed by atoms with van der Waals surface area (Å²) in [6.45, 7) is 1.93. The number of amides is 2. The first-order valence-electron chi connectivity index (χ1n) is 10.1. The molecule has 4 rings (SSSR count). The normalized spacial score (nSPS) is 22.6. The molecule has 0 aromatic heterocycles. The lowest BCUT2D eigenvalue weighted by molar-refractivity contribution is -0.135. The Morgan fingerprint density at radius 1 is 1.07 bits per heavy atom. The van der Waals surface area contributed by atoms with E-state index in [2.05, 4.69) is 28.1 Å². The molecule has 2 aromatic carbocycles. The van der Waals surface area contributed by atoms with Crippen LogP contribution in [0.3, 0.4) is 0 Å². The molecule has 0 radical (unpaired) electrons. The van der Waals surface area contributed by atoms with Gasteiger partial charge < -0.3 is 9.80 Å². The van der Waals surface area contributed by atoms with E-state index in [1.165, 1.54) is 5.56 Å². The predicted octanol–water partition coefficient (Wildman–Crippen LogP) is 5.25. The van der Waals surface area contributed by atoms with Crippen molar-refractivity contribution in [3.05, 3.63) is 63.6 Å². The Morgan fingerprint density at radius 3 is 2.62 bits per heavy atom. The lowest BCUT2D eigenvalue weighted by Crippen LogP contribution is -2.39. The molecule has 2 heterocycles. The molecule has 0 bridgehead atoms. The molecule has 2 atom stereocenters. The predicted molar refractivity (Wildman–Crippen MR) is 119 cm³/mol. The van der Waals surface area contributed by atoms with Crippen LogP contribution in [0.25, 0.3) is 0 Å². The van der Waals surface area contributed by atoms with Gasteiger partial charge in [0.25, 0.3) is 0 Å². The summed E-state index contributed by atoms with van der Waals surface area (Å²) >= 11 is 9.49. The Hall–Kier alpha value is -1.85. The second-order valence-electron chi connectivity index (χ2n) is 7.91. The second-order valence-corrected chi connectivity index (χ2v) is 9.27. The lowest BCUT2D eigenvalue weighted by atomic mass is 9.94. The minimum absolute atomic E-state index is 0.0190. The van der Waals surface area contributed by atoms with Crippen molar-refractivity contribution in [2.45, 2.75) is 31.6 Å². The molecule has 0 saturated carbocycles. The van der Waals surface area contributed by atoms with Crippen molar-refractivity contribution in [3.63, 3.8) is 0 Å². The van der Waals surface area contributed by atoms with Gasteiger partial charge in [-0.05, 0) is 48.7 Å². The quantitative estimate of drug-likeness (QED) is 0.608. The maximum atomic E-state index is 13.3. The highest BCUT2D eigenvalue weighted by molar-refractivity contribution is 9.10. The lowest BCUT2D eigenvalue weighted by Gasteiger charge is -2.27. The number of halogens is 2. The van der Waals surface area contributed by atoms with Crippen molar-refractivity contribution >= 4 is 45.0 Å². The zero-order valence-electron chi connectivity index (χ0n) is 16.2. The molecule has 2 fully saturated rings. The Bertz CT molecular complexity index is 902. The van der Waals surface area contributed by atoms with Gasteiger partial charge in [0.05, 0.1) is 5.92 Å². The molecule has 0 N–H and O–H groups in total. The van der Waals surface area contributed by atoms with E-state index in [1.54, 1.807) is 4.90 Å². The third-order valence-corrected chi connectivity index (χ3v) is 6.66.